The Morgan fingerprint density at radius 1 is 0.846 bits per heavy atom. The first kappa shape index (κ1) is 26.6. The van der Waals surface area contributed by atoms with Gasteiger partial charge in [-0.3, -0.25) is 14.4 Å². The first-order valence-corrected chi connectivity index (χ1v) is 13.7. The van der Waals surface area contributed by atoms with Gasteiger partial charge in [-0.2, -0.15) is 0 Å². The van der Waals surface area contributed by atoms with Crippen molar-refractivity contribution in [1.29, 1.82) is 0 Å². The van der Waals surface area contributed by atoms with Crippen LogP contribution in [0.25, 0.3) is 6.08 Å². The van der Waals surface area contributed by atoms with Gasteiger partial charge in [0.15, 0.2) is 5.78 Å². The largest absolute Gasteiger partial charge is 0.393 e. The van der Waals surface area contributed by atoms with Crippen molar-refractivity contribution in [2.45, 2.75) is 44.6 Å². The molecule has 1 saturated heterocycles. The van der Waals surface area contributed by atoms with E-state index in [-0.39, 0.29) is 36.4 Å². The highest BCUT2D eigenvalue weighted by molar-refractivity contribution is 5.98. The molecule has 1 aliphatic heterocycles. The fourth-order valence-corrected chi connectivity index (χ4v) is 5.20. The van der Waals surface area contributed by atoms with Gasteiger partial charge in [-0.05, 0) is 77.9 Å². The Labute approximate surface area is 229 Å². The molecule has 200 valence electrons. The third kappa shape index (κ3) is 6.89. The standard InChI is InChI=1S/C33H34N2O4/c36-30-15-18-35(19-16-30)29-12-10-26(11-13-29)32(38)22-23-4-8-27(9-5-23)33(39)34-17-14-31(37)21-24-6-7-25-2-1-3-28(25)20-24/h1-2,4-13,20,30,36H,3,14-19,21-22H2,(H,34,39). The molecule has 1 fully saturated rings. The molecule has 6 nitrogen and oxygen atoms in total. The molecule has 3 aromatic carbocycles. The van der Waals surface area contributed by atoms with E-state index in [0.29, 0.717) is 24.1 Å². The maximum absolute atomic E-state index is 12.8. The van der Waals surface area contributed by atoms with E-state index in [1.807, 2.05) is 30.3 Å². The van der Waals surface area contributed by atoms with Gasteiger partial charge in [0.05, 0.1) is 6.10 Å². The monoisotopic (exact) mass is 522 g/mol. The maximum Gasteiger partial charge on any atom is 0.251 e. The zero-order valence-corrected chi connectivity index (χ0v) is 22.1. The normalized spacial score (nSPS) is 14.7. The third-order valence-electron chi connectivity index (χ3n) is 7.53. The number of fused-ring (bicyclic) bond motifs is 1. The molecule has 0 bridgehead atoms. The first-order chi connectivity index (χ1) is 18.9. The molecule has 1 aliphatic carbocycles. The molecule has 0 spiro atoms. The number of ketones is 2. The van der Waals surface area contributed by atoms with Crippen LogP contribution in [0.1, 0.15) is 62.2 Å². The lowest BCUT2D eigenvalue weighted by molar-refractivity contribution is -0.118. The second-order valence-corrected chi connectivity index (χ2v) is 10.4. The summed E-state index contributed by atoms with van der Waals surface area (Å²) in [4.78, 5) is 40.0. The Morgan fingerprint density at radius 2 is 1.54 bits per heavy atom. The molecule has 0 atom stereocenters. The fraction of sp³-hybridized carbons (Fsp3) is 0.303. The summed E-state index contributed by atoms with van der Waals surface area (Å²) in [6, 6.07) is 20.8. The first-order valence-electron chi connectivity index (χ1n) is 13.7. The molecule has 2 N–H and O–H groups in total. The minimum Gasteiger partial charge on any atom is -0.393 e. The molecule has 3 aromatic rings. The van der Waals surface area contributed by atoms with Crippen molar-refractivity contribution in [3.05, 3.63) is 106 Å². The molecule has 5 rings (SSSR count). The van der Waals surface area contributed by atoms with Crippen LogP contribution >= 0.6 is 0 Å². The van der Waals surface area contributed by atoms with Crippen LogP contribution < -0.4 is 10.2 Å². The number of allylic oxidation sites excluding steroid dienone is 1. The number of hydrogen-bond acceptors (Lipinski definition) is 5. The summed E-state index contributed by atoms with van der Waals surface area (Å²) in [5.41, 5.74) is 6.55. The number of amides is 1. The van der Waals surface area contributed by atoms with Crippen LogP contribution in [0.5, 0.6) is 0 Å². The summed E-state index contributed by atoms with van der Waals surface area (Å²) in [6.07, 6.45) is 7.36. The van der Waals surface area contributed by atoms with Gasteiger partial charge in [-0.1, -0.05) is 42.5 Å². The Balaban J connectivity index is 1.06. The van der Waals surface area contributed by atoms with Crippen LogP contribution in [0.3, 0.4) is 0 Å². The topological polar surface area (TPSA) is 86.7 Å². The van der Waals surface area contributed by atoms with Crippen molar-refractivity contribution in [2.24, 2.45) is 0 Å². The number of rotatable bonds is 10. The highest BCUT2D eigenvalue weighted by Gasteiger charge is 2.18. The lowest BCUT2D eigenvalue weighted by Crippen LogP contribution is -2.35. The van der Waals surface area contributed by atoms with Crippen molar-refractivity contribution in [2.75, 3.05) is 24.5 Å². The summed E-state index contributed by atoms with van der Waals surface area (Å²) in [7, 11) is 0. The molecule has 1 amide bonds. The van der Waals surface area contributed by atoms with E-state index in [4.69, 9.17) is 0 Å². The molecule has 0 aromatic heterocycles. The molecule has 39 heavy (non-hydrogen) atoms. The Kier molecular flexibility index (Phi) is 8.33. The van der Waals surface area contributed by atoms with Crippen molar-refractivity contribution >= 4 is 29.2 Å². The van der Waals surface area contributed by atoms with E-state index in [1.165, 1.54) is 11.1 Å². The third-order valence-corrected chi connectivity index (χ3v) is 7.53. The Bertz CT molecular complexity index is 1370. The molecule has 1 heterocycles. The number of hydrogen-bond donors (Lipinski definition) is 2. The Morgan fingerprint density at radius 3 is 2.28 bits per heavy atom. The predicted molar refractivity (Wildman–Crippen MR) is 153 cm³/mol. The zero-order valence-electron chi connectivity index (χ0n) is 22.1. The summed E-state index contributed by atoms with van der Waals surface area (Å²) in [6.45, 7) is 1.92. The summed E-state index contributed by atoms with van der Waals surface area (Å²) < 4.78 is 0. The van der Waals surface area contributed by atoms with E-state index in [2.05, 4.69) is 34.5 Å². The number of carbonyl (C=O) groups excluding carboxylic acids is 3. The van der Waals surface area contributed by atoms with Gasteiger partial charge in [-0.15, -0.1) is 0 Å². The van der Waals surface area contributed by atoms with Gasteiger partial charge in [0.25, 0.3) is 5.91 Å². The average molecular weight is 523 g/mol. The van der Waals surface area contributed by atoms with E-state index >= 15 is 0 Å². The van der Waals surface area contributed by atoms with Crippen molar-refractivity contribution < 1.29 is 19.5 Å². The SMILES string of the molecule is O=C(CCNC(=O)c1ccc(CC(=O)c2ccc(N3CCC(O)CC3)cc2)cc1)Cc1ccc2c(c1)CC=C2. The van der Waals surface area contributed by atoms with Gasteiger partial charge in [0.2, 0.25) is 0 Å². The Hall–Kier alpha value is -4.03. The second-order valence-electron chi connectivity index (χ2n) is 10.4. The molecule has 0 saturated carbocycles. The number of Topliss-reactive ketones (excluding diaryl/α,β-unsaturated/α-hetero) is 2. The van der Waals surface area contributed by atoms with Crippen LogP contribution in [0.2, 0.25) is 0 Å². The summed E-state index contributed by atoms with van der Waals surface area (Å²) >= 11 is 0. The van der Waals surface area contributed by atoms with E-state index in [9.17, 15) is 19.5 Å². The number of piperidine rings is 1. The van der Waals surface area contributed by atoms with Gasteiger partial charge in [-0.25, -0.2) is 0 Å². The number of aliphatic hydroxyl groups is 1. The van der Waals surface area contributed by atoms with E-state index in [0.717, 1.165) is 49.2 Å². The van der Waals surface area contributed by atoms with Gasteiger partial charge in [0.1, 0.15) is 5.78 Å². The van der Waals surface area contributed by atoms with Crippen LogP contribution in [0.4, 0.5) is 5.69 Å². The highest BCUT2D eigenvalue weighted by atomic mass is 16.3. The highest BCUT2D eigenvalue weighted by Crippen LogP contribution is 2.22. The fourth-order valence-electron chi connectivity index (χ4n) is 5.20. The molecular formula is C33H34N2O4. The van der Waals surface area contributed by atoms with Crippen molar-refractivity contribution in [3.63, 3.8) is 0 Å². The van der Waals surface area contributed by atoms with E-state index in [1.54, 1.807) is 24.3 Å². The molecule has 2 aliphatic rings. The number of nitrogens with one attached hydrogen (secondary N) is 1. The maximum atomic E-state index is 12.8. The van der Waals surface area contributed by atoms with Crippen molar-refractivity contribution in [1.82, 2.24) is 5.32 Å². The smallest absolute Gasteiger partial charge is 0.251 e. The molecular weight excluding hydrogens is 488 g/mol. The van der Waals surface area contributed by atoms with E-state index < -0.39 is 0 Å². The lowest BCUT2D eigenvalue weighted by atomic mass is 10.0. The van der Waals surface area contributed by atoms with Crippen LogP contribution in [-0.4, -0.2) is 48.3 Å². The molecule has 0 radical (unpaired) electrons. The predicted octanol–water partition coefficient (Wildman–Crippen LogP) is 4.57. The van der Waals surface area contributed by atoms with Crippen LogP contribution in [0, 0.1) is 0 Å². The number of nitrogens with zero attached hydrogens (tertiary/aromatic N) is 1. The zero-order chi connectivity index (χ0) is 27.2. The minimum atomic E-state index is -0.231. The number of anilines is 1. The average Bonchev–Trinajstić information content (AvgIpc) is 3.42. The minimum absolute atomic E-state index is 0.0194. The van der Waals surface area contributed by atoms with Gasteiger partial charge in [0, 0.05) is 55.7 Å². The molecule has 0 unspecified atom stereocenters. The van der Waals surface area contributed by atoms with Crippen LogP contribution in [-0.2, 0) is 24.1 Å². The summed E-state index contributed by atoms with van der Waals surface area (Å²) in [5, 5.41) is 12.5. The second kappa shape index (κ2) is 12.2. The quantitative estimate of drug-likeness (QED) is 0.381. The summed E-state index contributed by atoms with van der Waals surface area (Å²) in [5.74, 6) is -0.117. The molecule has 6 heteroatoms. The van der Waals surface area contributed by atoms with Crippen LogP contribution in [0.15, 0.2) is 72.8 Å². The lowest BCUT2D eigenvalue weighted by Gasteiger charge is -2.31. The van der Waals surface area contributed by atoms with Gasteiger partial charge >= 0.3 is 0 Å². The number of aliphatic hydroxyl groups excluding tert-OH is 1. The van der Waals surface area contributed by atoms with Crippen molar-refractivity contribution in [3.8, 4) is 0 Å². The number of benzene rings is 3. The van der Waals surface area contributed by atoms with Gasteiger partial charge < -0.3 is 15.3 Å². The number of carbonyl (C=O) groups is 3.